The molecule has 1 unspecified atom stereocenters. The molecule has 0 radical (unpaired) electrons. The number of furan rings is 1. The fourth-order valence-electron chi connectivity index (χ4n) is 0.949. The number of hydrogen-bond acceptors (Lipinski definition) is 2. The van der Waals surface area contributed by atoms with Gasteiger partial charge in [0.2, 0.25) is 0 Å². The number of hydrogen-bond donors (Lipinski definition) is 0. The lowest BCUT2D eigenvalue weighted by Gasteiger charge is -2.05. The number of thioether (sulfide) groups is 1. The molecule has 3 heteroatoms. The first-order valence-corrected chi connectivity index (χ1v) is 6.68. The number of rotatable bonds is 5. The van der Waals surface area contributed by atoms with Crippen molar-refractivity contribution in [1.29, 1.82) is 0 Å². The smallest absolute Gasteiger partial charge is 0.116 e. The van der Waals surface area contributed by atoms with Gasteiger partial charge in [-0.1, -0.05) is 22.9 Å². The third-order valence-corrected chi connectivity index (χ3v) is 4.24. The van der Waals surface area contributed by atoms with Gasteiger partial charge in [0.25, 0.3) is 0 Å². The van der Waals surface area contributed by atoms with E-state index in [2.05, 4.69) is 29.8 Å². The van der Waals surface area contributed by atoms with E-state index in [0.29, 0.717) is 0 Å². The van der Waals surface area contributed by atoms with E-state index in [4.69, 9.17) is 4.42 Å². The van der Waals surface area contributed by atoms with Crippen molar-refractivity contribution >= 4 is 27.7 Å². The Labute approximate surface area is 92.4 Å². The normalized spacial score (nSPS) is 13.2. The first-order valence-electron chi connectivity index (χ1n) is 4.40. The number of halogens is 1. The van der Waals surface area contributed by atoms with Gasteiger partial charge < -0.3 is 4.42 Å². The predicted octanol–water partition coefficient (Wildman–Crippen LogP) is 3.85. The van der Waals surface area contributed by atoms with Crippen molar-refractivity contribution in [3.8, 4) is 0 Å². The maximum atomic E-state index is 5.35. The van der Waals surface area contributed by atoms with Gasteiger partial charge in [-0.15, -0.1) is 0 Å². The van der Waals surface area contributed by atoms with E-state index in [-0.39, 0.29) is 0 Å². The van der Waals surface area contributed by atoms with Crippen molar-refractivity contribution in [2.75, 3.05) is 11.1 Å². The quantitative estimate of drug-likeness (QED) is 0.748. The summed E-state index contributed by atoms with van der Waals surface area (Å²) in [5, 5.41) is 1.08. The molecule has 0 spiro atoms. The Balaban J connectivity index is 2.24. The highest BCUT2D eigenvalue weighted by Crippen LogP contribution is 2.19. The molecule has 0 N–H and O–H groups in total. The van der Waals surface area contributed by atoms with Gasteiger partial charge in [-0.05, 0) is 30.2 Å². The van der Waals surface area contributed by atoms with Gasteiger partial charge >= 0.3 is 0 Å². The molecule has 0 aliphatic rings. The monoisotopic (exact) mass is 262 g/mol. The minimum Gasteiger partial charge on any atom is -0.468 e. The Kier molecular flexibility index (Phi) is 4.96. The van der Waals surface area contributed by atoms with Gasteiger partial charge in [-0.25, -0.2) is 0 Å². The summed E-state index contributed by atoms with van der Waals surface area (Å²) in [6.45, 7) is 4.34. The molecule has 0 bridgehead atoms. The van der Waals surface area contributed by atoms with Gasteiger partial charge in [-0.3, -0.25) is 0 Å². The van der Waals surface area contributed by atoms with Crippen LogP contribution >= 0.6 is 27.7 Å². The Hall–Kier alpha value is 0.110. The van der Waals surface area contributed by atoms with Crippen LogP contribution in [0.5, 0.6) is 0 Å². The summed E-state index contributed by atoms with van der Waals surface area (Å²) in [6.07, 6.45) is 1.76. The summed E-state index contributed by atoms with van der Waals surface area (Å²) < 4.78 is 5.35. The molecule has 0 saturated heterocycles. The first kappa shape index (κ1) is 11.2. The largest absolute Gasteiger partial charge is 0.468 e. The molecule has 13 heavy (non-hydrogen) atoms. The second-order valence-corrected chi connectivity index (χ2v) is 4.98. The van der Waals surface area contributed by atoms with E-state index >= 15 is 0 Å². The van der Waals surface area contributed by atoms with Crippen LogP contribution in [-0.2, 0) is 5.75 Å². The minimum atomic E-state index is 0.736. The molecule has 0 aliphatic carbocycles. The SMILES string of the molecule is Cc1ccoc1CSCC(C)CBr. The van der Waals surface area contributed by atoms with Crippen LogP contribution in [0.3, 0.4) is 0 Å². The van der Waals surface area contributed by atoms with Crippen LogP contribution < -0.4 is 0 Å². The van der Waals surface area contributed by atoms with Crippen LogP contribution in [0.15, 0.2) is 16.7 Å². The number of aryl methyl sites for hydroxylation is 1. The van der Waals surface area contributed by atoms with Crippen LogP contribution in [0, 0.1) is 12.8 Å². The fraction of sp³-hybridized carbons (Fsp3) is 0.600. The Morgan fingerprint density at radius 1 is 1.62 bits per heavy atom. The molecule has 0 aliphatic heterocycles. The lowest BCUT2D eigenvalue weighted by atomic mass is 10.3. The van der Waals surface area contributed by atoms with Crippen molar-refractivity contribution in [3.63, 3.8) is 0 Å². The molecule has 1 rings (SSSR count). The molecule has 1 atom stereocenters. The van der Waals surface area contributed by atoms with Crippen molar-refractivity contribution in [2.45, 2.75) is 19.6 Å². The second-order valence-electron chi connectivity index (χ2n) is 3.30. The molecular formula is C10H15BrOS. The summed E-state index contributed by atoms with van der Waals surface area (Å²) in [6, 6.07) is 2.02. The van der Waals surface area contributed by atoms with Crippen molar-refractivity contribution < 1.29 is 4.42 Å². The summed E-state index contributed by atoms with van der Waals surface area (Å²) in [7, 11) is 0. The van der Waals surface area contributed by atoms with E-state index in [1.54, 1.807) is 6.26 Å². The predicted molar refractivity (Wildman–Crippen MR) is 62.6 cm³/mol. The zero-order valence-electron chi connectivity index (χ0n) is 8.05. The zero-order valence-corrected chi connectivity index (χ0v) is 10.5. The fourth-order valence-corrected chi connectivity index (χ4v) is 2.60. The van der Waals surface area contributed by atoms with Crippen LogP contribution in [-0.4, -0.2) is 11.1 Å². The minimum absolute atomic E-state index is 0.736. The molecule has 74 valence electrons. The lowest BCUT2D eigenvalue weighted by molar-refractivity contribution is 0.527. The lowest BCUT2D eigenvalue weighted by Crippen LogP contribution is -1.99. The van der Waals surface area contributed by atoms with Gasteiger partial charge in [0.05, 0.1) is 12.0 Å². The van der Waals surface area contributed by atoms with E-state index in [1.807, 2.05) is 17.8 Å². The third kappa shape index (κ3) is 3.77. The van der Waals surface area contributed by atoms with Gasteiger partial charge in [0, 0.05) is 5.33 Å². The first-order chi connectivity index (χ1) is 6.24. The van der Waals surface area contributed by atoms with Crippen molar-refractivity contribution in [2.24, 2.45) is 5.92 Å². The Bertz CT molecular complexity index is 247. The molecule has 1 nitrogen and oxygen atoms in total. The topological polar surface area (TPSA) is 13.1 Å². The molecule has 0 fully saturated rings. The third-order valence-electron chi connectivity index (χ3n) is 1.87. The van der Waals surface area contributed by atoms with E-state index < -0.39 is 0 Å². The summed E-state index contributed by atoms with van der Waals surface area (Å²) in [5.74, 6) is 4.04. The number of alkyl halides is 1. The maximum absolute atomic E-state index is 5.35. The molecule has 1 aromatic heterocycles. The van der Waals surface area contributed by atoms with Crippen molar-refractivity contribution in [1.82, 2.24) is 0 Å². The van der Waals surface area contributed by atoms with E-state index in [0.717, 1.165) is 22.8 Å². The standard InChI is InChI=1S/C10H15BrOS/c1-8(5-11)6-13-7-10-9(2)3-4-12-10/h3-4,8H,5-7H2,1-2H3. The highest BCUT2D eigenvalue weighted by atomic mass is 79.9. The Morgan fingerprint density at radius 3 is 2.92 bits per heavy atom. The maximum Gasteiger partial charge on any atom is 0.116 e. The molecule has 0 aromatic carbocycles. The van der Waals surface area contributed by atoms with Gasteiger partial charge in [-0.2, -0.15) is 11.8 Å². The highest BCUT2D eigenvalue weighted by molar-refractivity contribution is 9.09. The molecule has 1 aromatic rings. The summed E-state index contributed by atoms with van der Waals surface area (Å²) in [4.78, 5) is 0. The van der Waals surface area contributed by atoms with Gasteiger partial charge in [0.1, 0.15) is 5.76 Å². The second kappa shape index (κ2) is 5.76. The highest BCUT2D eigenvalue weighted by Gasteiger charge is 2.04. The van der Waals surface area contributed by atoms with Crippen LogP contribution in [0.4, 0.5) is 0 Å². The molecule has 1 heterocycles. The van der Waals surface area contributed by atoms with Crippen LogP contribution in [0.2, 0.25) is 0 Å². The molecule has 0 amide bonds. The zero-order chi connectivity index (χ0) is 9.68. The van der Waals surface area contributed by atoms with Crippen LogP contribution in [0.25, 0.3) is 0 Å². The van der Waals surface area contributed by atoms with Crippen LogP contribution in [0.1, 0.15) is 18.2 Å². The summed E-state index contributed by atoms with van der Waals surface area (Å²) >= 11 is 5.41. The molecular weight excluding hydrogens is 248 g/mol. The van der Waals surface area contributed by atoms with E-state index in [1.165, 1.54) is 11.3 Å². The summed E-state index contributed by atoms with van der Waals surface area (Å²) in [5.41, 5.74) is 1.26. The average Bonchev–Trinajstić information content (AvgIpc) is 2.52. The Morgan fingerprint density at radius 2 is 2.38 bits per heavy atom. The van der Waals surface area contributed by atoms with Gasteiger partial charge in [0.15, 0.2) is 0 Å². The molecule has 0 saturated carbocycles. The average molecular weight is 263 g/mol. The van der Waals surface area contributed by atoms with E-state index in [9.17, 15) is 0 Å². The van der Waals surface area contributed by atoms with Crippen molar-refractivity contribution in [3.05, 3.63) is 23.7 Å².